The van der Waals surface area contributed by atoms with Crippen LogP contribution in [-0.2, 0) is 14.6 Å². The van der Waals surface area contributed by atoms with Crippen LogP contribution in [0.3, 0.4) is 0 Å². The normalized spacial score (nSPS) is 17.0. The molecule has 1 amide bonds. The van der Waals surface area contributed by atoms with Gasteiger partial charge in [0.15, 0.2) is 0 Å². The number of piperidine rings is 1. The van der Waals surface area contributed by atoms with E-state index in [2.05, 4.69) is 27.2 Å². The van der Waals surface area contributed by atoms with Gasteiger partial charge in [0.2, 0.25) is 15.7 Å². The number of carbonyl (C=O) groups is 1. The molecule has 0 radical (unpaired) electrons. The number of sulfone groups is 1. The fourth-order valence-corrected chi connectivity index (χ4v) is 6.87. The highest BCUT2D eigenvalue weighted by molar-refractivity contribution is 7.91. The third-order valence-corrected chi connectivity index (χ3v) is 9.97. The first-order valence-corrected chi connectivity index (χ1v) is 16.0. The second-order valence-electron chi connectivity index (χ2n) is 10.7. The highest BCUT2D eigenvalue weighted by atomic mass is 35.5. The predicted molar refractivity (Wildman–Crippen MR) is 161 cm³/mol. The summed E-state index contributed by atoms with van der Waals surface area (Å²) < 4.78 is 38.8. The zero-order valence-corrected chi connectivity index (χ0v) is 24.6. The standard InChI is InChI=1S/C31H36ClFN4O3S/c32-24-3-9-28(10-4-24)36-22-20-35(21-23-36)17-1-2-31(38)37-18-15-27(16-19-37)34-26-7-13-30(14-8-26)41(39,40)29-11-5-25(33)6-12-29/h3-14,27,34H,1-2,15-23H2. The molecule has 41 heavy (non-hydrogen) atoms. The minimum absolute atomic E-state index is 0.0633. The lowest BCUT2D eigenvalue weighted by atomic mass is 10.0. The van der Waals surface area contributed by atoms with Crippen molar-refractivity contribution in [3.63, 3.8) is 0 Å². The topological polar surface area (TPSA) is 73.0 Å². The maximum Gasteiger partial charge on any atom is 0.222 e. The largest absolute Gasteiger partial charge is 0.382 e. The number of rotatable bonds is 9. The molecule has 7 nitrogen and oxygen atoms in total. The molecule has 0 bridgehead atoms. The van der Waals surface area contributed by atoms with Gasteiger partial charge in [-0.1, -0.05) is 11.6 Å². The molecule has 0 aliphatic carbocycles. The van der Waals surface area contributed by atoms with E-state index in [1.165, 1.54) is 17.8 Å². The van der Waals surface area contributed by atoms with Crippen molar-refractivity contribution in [3.8, 4) is 0 Å². The summed E-state index contributed by atoms with van der Waals surface area (Å²) in [4.78, 5) is 19.8. The van der Waals surface area contributed by atoms with Crippen LogP contribution >= 0.6 is 11.6 Å². The van der Waals surface area contributed by atoms with Crippen LogP contribution in [0.2, 0.25) is 5.02 Å². The van der Waals surface area contributed by atoms with E-state index in [0.29, 0.717) is 19.5 Å². The van der Waals surface area contributed by atoms with E-state index in [1.54, 1.807) is 24.3 Å². The Morgan fingerprint density at radius 3 is 2.02 bits per heavy atom. The maximum absolute atomic E-state index is 13.2. The van der Waals surface area contributed by atoms with Gasteiger partial charge < -0.3 is 15.1 Å². The molecule has 10 heteroatoms. The lowest BCUT2D eigenvalue weighted by Gasteiger charge is -2.36. The molecule has 5 rings (SSSR count). The molecular formula is C31H36ClFN4O3S. The summed E-state index contributed by atoms with van der Waals surface area (Å²) in [7, 11) is -3.70. The molecule has 3 aromatic carbocycles. The van der Waals surface area contributed by atoms with E-state index in [9.17, 15) is 17.6 Å². The number of nitrogens with zero attached hydrogens (tertiary/aromatic N) is 3. The molecule has 1 N–H and O–H groups in total. The Balaban J connectivity index is 1.01. The summed E-state index contributed by atoms with van der Waals surface area (Å²) >= 11 is 6.00. The molecule has 0 spiro atoms. The summed E-state index contributed by atoms with van der Waals surface area (Å²) in [6.07, 6.45) is 3.12. The second-order valence-corrected chi connectivity index (χ2v) is 13.1. The Morgan fingerprint density at radius 1 is 0.829 bits per heavy atom. The minimum atomic E-state index is -3.70. The average Bonchev–Trinajstić information content (AvgIpc) is 2.99. The zero-order chi connectivity index (χ0) is 28.8. The van der Waals surface area contributed by atoms with Gasteiger partial charge >= 0.3 is 0 Å². The van der Waals surface area contributed by atoms with Crippen LogP contribution in [0.1, 0.15) is 25.7 Å². The van der Waals surface area contributed by atoms with Crippen LogP contribution in [0.5, 0.6) is 0 Å². The van der Waals surface area contributed by atoms with Gasteiger partial charge in [0.05, 0.1) is 9.79 Å². The van der Waals surface area contributed by atoms with Gasteiger partial charge in [0.25, 0.3) is 0 Å². The fourth-order valence-electron chi connectivity index (χ4n) is 5.48. The summed E-state index contributed by atoms with van der Waals surface area (Å²) in [5, 5.41) is 4.22. The Morgan fingerprint density at radius 2 is 1.41 bits per heavy atom. The van der Waals surface area contributed by atoms with Crippen molar-refractivity contribution in [2.24, 2.45) is 0 Å². The fraction of sp³-hybridized carbons (Fsp3) is 0.387. The van der Waals surface area contributed by atoms with Crippen LogP contribution in [0.15, 0.2) is 82.6 Å². The van der Waals surface area contributed by atoms with E-state index >= 15 is 0 Å². The first-order valence-electron chi connectivity index (χ1n) is 14.2. The van der Waals surface area contributed by atoms with Crippen LogP contribution in [0.25, 0.3) is 0 Å². The van der Waals surface area contributed by atoms with Crippen molar-refractivity contribution in [3.05, 3.63) is 83.6 Å². The van der Waals surface area contributed by atoms with Gasteiger partial charge in [0, 0.05) is 68.1 Å². The Hall–Kier alpha value is -3.14. The molecule has 0 aromatic heterocycles. The summed E-state index contributed by atoms with van der Waals surface area (Å²) in [5.74, 6) is -0.254. The number of amides is 1. The number of anilines is 2. The molecule has 2 heterocycles. The highest BCUT2D eigenvalue weighted by Crippen LogP contribution is 2.24. The minimum Gasteiger partial charge on any atom is -0.382 e. The van der Waals surface area contributed by atoms with Crippen LogP contribution in [0, 0.1) is 5.82 Å². The molecule has 3 aromatic rings. The first kappa shape index (κ1) is 29.4. The van der Waals surface area contributed by atoms with Gasteiger partial charge in [0.1, 0.15) is 5.82 Å². The number of hydrogen-bond donors (Lipinski definition) is 1. The second kappa shape index (κ2) is 13.2. The van der Waals surface area contributed by atoms with Crippen molar-refractivity contribution in [2.75, 3.05) is 56.0 Å². The highest BCUT2D eigenvalue weighted by Gasteiger charge is 2.24. The first-order chi connectivity index (χ1) is 19.8. The molecule has 2 aliphatic heterocycles. The quantitative estimate of drug-likeness (QED) is 0.336. The summed E-state index contributed by atoms with van der Waals surface area (Å²) in [6.45, 7) is 6.30. The number of likely N-dealkylation sites (tertiary alicyclic amines) is 1. The van der Waals surface area contributed by atoms with Crippen molar-refractivity contribution in [2.45, 2.75) is 41.5 Å². The van der Waals surface area contributed by atoms with Gasteiger partial charge in [-0.15, -0.1) is 0 Å². The van der Waals surface area contributed by atoms with E-state index < -0.39 is 15.7 Å². The third kappa shape index (κ3) is 7.58. The number of halogens is 2. The molecular weight excluding hydrogens is 563 g/mol. The van der Waals surface area contributed by atoms with Crippen molar-refractivity contribution >= 4 is 38.7 Å². The van der Waals surface area contributed by atoms with Gasteiger partial charge in [-0.05, 0) is 98.6 Å². The predicted octanol–water partition coefficient (Wildman–Crippen LogP) is 5.32. The van der Waals surface area contributed by atoms with E-state index in [4.69, 9.17) is 11.6 Å². The lowest BCUT2D eigenvalue weighted by molar-refractivity contribution is -0.132. The molecule has 2 fully saturated rings. The van der Waals surface area contributed by atoms with Gasteiger partial charge in [-0.25, -0.2) is 12.8 Å². The van der Waals surface area contributed by atoms with Crippen LogP contribution in [-0.4, -0.2) is 76.0 Å². The Bertz CT molecular complexity index is 1400. The molecule has 0 saturated carbocycles. The van der Waals surface area contributed by atoms with Crippen molar-refractivity contribution in [1.82, 2.24) is 9.80 Å². The number of carbonyl (C=O) groups excluding carboxylic acids is 1. The lowest BCUT2D eigenvalue weighted by Crippen LogP contribution is -2.47. The molecule has 0 unspecified atom stereocenters. The van der Waals surface area contributed by atoms with E-state index in [0.717, 1.165) is 74.8 Å². The number of piperazine rings is 1. The van der Waals surface area contributed by atoms with Crippen molar-refractivity contribution in [1.29, 1.82) is 0 Å². The van der Waals surface area contributed by atoms with Crippen molar-refractivity contribution < 1.29 is 17.6 Å². The molecule has 218 valence electrons. The zero-order valence-electron chi connectivity index (χ0n) is 23.0. The monoisotopic (exact) mass is 598 g/mol. The van der Waals surface area contributed by atoms with Gasteiger partial charge in [-0.3, -0.25) is 9.69 Å². The Labute approximate surface area is 246 Å². The summed E-state index contributed by atoms with van der Waals surface area (Å²) in [5.41, 5.74) is 2.04. The number of benzene rings is 3. The number of hydrogen-bond acceptors (Lipinski definition) is 6. The smallest absolute Gasteiger partial charge is 0.222 e. The third-order valence-electron chi connectivity index (χ3n) is 7.94. The molecule has 0 atom stereocenters. The SMILES string of the molecule is O=C(CCCN1CCN(c2ccc(Cl)cc2)CC1)N1CCC(Nc2ccc(S(=O)(=O)c3ccc(F)cc3)cc2)CC1. The van der Waals surface area contributed by atoms with E-state index in [-0.39, 0.29) is 21.7 Å². The maximum atomic E-state index is 13.2. The molecule has 2 saturated heterocycles. The van der Waals surface area contributed by atoms with E-state index in [1.807, 2.05) is 17.0 Å². The number of nitrogens with one attached hydrogen (secondary N) is 1. The summed E-state index contributed by atoms with van der Waals surface area (Å²) in [6, 6.07) is 19.7. The average molecular weight is 599 g/mol. The Kier molecular flexibility index (Phi) is 9.47. The molecule has 2 aliphatic rings. The van der Waals surface area contributed by atoms with Crippen LogP contribution in [0.4, 0.5) is 15.8 Å². The van der Waals surface area contributed by atoms with Crippen LogP contribution < -0.4 is 10.2 Å². The van der Waals surface area contributed by atoms with Gasteiger partial charge in [-0.2, -0.15) is 0 Å².